The fourth-order valence-electron chi connectivity index (χ4n) is 9.29. The maximum Gasteiger partial charge on any atom is 0.433 e. The maximum absolute atomic E-state index is 13.5. The molecule has 3 aliphatic heterocycles. The Kier molecular flexibility index (Phi) is 8.55. The molecule has 2 aromatic carbocycles. The number of hydrogen-bond acceptors (Lipinski definition) is 8. The number of anilines is 2. The molecule has 3 amide bonds. The van der Waals surface area contributed by atoms with E-state index in [1.165, 1.54) is 6.07 Å². The Morgan fingerprint density at radius 2 is 1.75 bits per heavy atom. The number of halogens is 3. The molecule has 0 radical (unpaired) electrons. The number of aromatic nitrogens is 5. The quantitative estimate of drug-likeness (QED) is 0.221. The summed E-state index contributed by atoms with van der Waals surface area (Å²) in [5.41, 5.74) is 2.06. The first-order valence-corrected chi connectivity index (χ1v) is 18.8. The van der Waals surface area contributed by atoms with E-state index in [0.29, 0.717) is 35.6 Å². The van der Waals surface area contributed by atoms with Crippen LogP contribution >= 0.6 is 0 Å². The number of carbonyl (C=O) groups is 3. The van der Waals surface area contributed by atoms with Gasteiger partial charge in [0.25, 0.3) is 5.91 Å². The fourth-order valence-corrected chi connectivity index (χ4v) is 9.29. The topological polar surface area (TPSA) is 139 Å². The van der Waals surface area contributed by atoms with Gasteiger partial charge in [0.05, 0.1) is 28.3 Å². The van der Waals surface area contributed by atoms with Crippen molar-refractivity contribution in [3.63, 3.8) is 0 Å². The first-order valence-electron chi connectivity index (χ1n) is 18.8. The maximum atomic E-state index is 13.5. The summed E-state index contributed by atoms with van der Waals surface area (Å²) in [6, 6.07) is 14.7. The zero-order valence-corrected chi connectivity index (χ0v) is 30.1. The molecule has 286 valence electrons. The number of carbonyl (C=O) groups excluding carboxylic acids is 3. The highest BCUT2D eigenvalue weighted by molar-refractivity contribution is 6.04. The van der Waals surface area contributed by atoms with Gasteiger partial charge in [0.15, 0.2) is 0 Å². The highest BCUT2D eigenvalue weighted by Gasteiger charge is 2.45. The van der Waals surface area contributed by atoms with Crippen LogP contribution in [0.2, 0.25) is 0 Å². The van der Waals surface area contributed by atoms with Crippen molar-refractivity contribution in [2.75, 3.05) is 29.9 Å². The van der Waals surface area contributed by atoms with Gasteiger partial charge in [-0.25, -0.2) is 9.78 Å². The van der Waals surface area contributed by atoms with Gasteiger partial charge < -0.3 is 10.2 Å². The number of imide groups is 1. The molecule has 4 aliphatic rings. The number of nitrogens with zero attached hydrogens (tertiary/aromatic N) is 7. The predicted molar refractivity (Wildman–Crippen MR) is 198 cm³/mol. The average Bonchev–Trinajstić information content (AvgIpc) is 3.94. The van der Waals surface area contributed by atoms with Crippen LogP contribution < -0.4 is 21.2 Å². The Balaban J connectivity index is 0.815. The predicted octanol–water partition coefficient (Wildman–Crippen LogP) is 5.03. The van der Waals surface area contributed by atoms with E-state index in [0.717, 1.165) is 86.0 Å². The molecule has 0 spiro atoms. The van der Waals surface area contributed by atoms with E-state index in [2.05, 4.69) is 31.5 Å². The Morgan fingerprint density at radius 1 is 0.945 bits per heavy atom. The molecule has 1 saturated carbocycles. The second kappa shape index (κ2) is 13.4. The van der Waals surface area contributed by atoms with Crippen LogP contribution in [0.25, 0.3) is 21.9 Å². The number of nitrogens with one attached hydrogen (secondary N) is 2. The number of alkyl halides is 3. The van der Waals surface area contributed by atoms with Crippen LogP contribution in [0.1, 0.15) is 73.2 Å². The smallest absolute Gasteiger partial charge is 0.364 e. The van der Waals surface area contributed by atoms with Crippen molar-refractivity contribution < 1.29 is 27.6 Å². The molecule has 3 atom stereocenters. The third-order valence-corrected chi connectivity index (χ3v) is 12.0. The highest BCUT2D eigenvalue weighted by atomic mass is 19.4. The minimum Gasteiger partial charge on any atom is -0.364 e. The molecule has 2 N–H and O–H groups in total. The molecule has 4 fully saturated rings. The van der Waals surface area contributed by atoms with E-state index in [9.17, 15) is 32.3 Å². The molecular formula is C39H40F3N9O4. The summed E-state index contributed by atoms with van der Waals surface area (Å²) in [7, 11) is 1.75. The van der Waals surface area contributed by atoms with Crippen LogP contribution in [-0.2, 0) is 22.8 Å². The minimum absolute atomic E-state index is 0.202. The summed E-state index contributed by atoms with van der Waals surface area (Å²) in [5, 5.41) is 10.7. The van der Waals surface area contributed by atoms with Gasteiger partial charge in [-0.15, -0.1) is 0 Å². The minimum atomic E-state index is -4.64. The van der Waals surface area contributed by atoms with Crippen molar-refractivity contribution >= 4 is 51.0 Å². The molecule has 9 rings (SSSR count). The summed E-state index contributed by atoms with van der Waals surface area (Å²) in [5.74, 6) is -0.890. The third kappa shape index (κ3) is 6.35. The van der Waals surface area contributed by atoms with Gasteiger partial charge in [-0.3, -0.25) is 38.4 Å². The number of piperidine rings is 1. The molecule has 55 heavy (non-hydrogen) atoms. The van der Waals surface area contributed by atoms with E-state index >= 15 is 0 Å². The summed E-state index contributed by atoms with van der Waals surface area (Å²) in [6.07, 6.45) is 3.06. The normalized spacial score (nSPS) is 24.6. The molecule has 2 bridgehead atoms. The number of hydrogen-bond donors (Lipinski definition) is 2. The van der Waals surface area contributed by atoms with Gasteiger partial charge in [0.2, 0.25) is 11.8 Å². The van der Waals surface area contributed by atoms with Gasteiger partial charge in [-0.05, 0) is 86.9 Å². The van der Waals surface area contributed by atoms with Gasteiger partial charge in [-0.2, -0.15) is 18.3 Å². The summed E-state index contributed by atoms with van der Waals surface area (Å²) in [4.78, 5) is 59.2. The van der Waals surface area contributed by atoms with Crippen LogP contribution in [0, 0.1) is 5.92 Å². The molecule has 5 aromatic rings. The number of para-hydroxylation sites is 1. The van der Waals surface area contributed by atoms with Crippen molar-refractivity contribution in [1.82, 2.24) is 34.1 Å². The lowest BCUT2D eigenvalue weighted by Crippen LogP contribution is -2.48. The molecule has 3 saturated heterocycles. The lowest BCUT2D eigenvalue weighted by Gasteiger charge is -2.39. The fraction of sp³-hybridized carbons (Fsp3) is 0.436. The molecule has 1 aliphatic carbocycles. The zero-order valence-electron chi connectivity index (χ0n) is 30.1. The van der Waals surface area contributed by atoms with Crippen LogP contribution in [-0.4, -0.2) is 78.2 Å². The van der Waals surface area contributed by atoms with E-state index < -0.39 is 29.7 Å². The molecular weight excluding hydrogens is 715 g/mol. The number of amides is 3. The number of rotatable bonds is 7. The zero-order chi connectivity index (χ0) is 38.2. The third-order valence-electron chi connectivity index (χ3n) is 12.0. The van der Waals surface area contributed by atoms with Gasteiger partial charge in [0.1, 0.15) is 17.4 Å². The van der Waals surface area contributed by atoms with Gasteiger partial charge >= 0.3 is 11.9 Å². The Bertz CT molecular complexity index is 2410. The number of imidazole rings is 1. The van der Waals surface area contributed by atoms with Crippen molar-refractivity contribution in [2.45, 2.75) is 75.3 Å². The first kappa shape index (κ1) is 35.2. The van der Waals surface area contributed by atoms with Crippen molar-refractivity contribution in [3.8, 4) is 0 Å². The lowest BCUT2D eigenvalue weighted by atomic mass is 9.85. The number of likely N-dealkylation sites (tertiary alicyclic amines) is 1. The molecule has 13 nitrogen and oxygen atoms in total. The largest absolute Gasteiger partial charge is 0.433 e. The number of pyridine rings is 1. The van der Waals surface area contributed by atoms with Crippen LogP contribution in [0.5, 0.6) is 0 Å². The van der Waals surface area contributed by atoms with E-state index in [-0.39, 0.29) is 29.8 Å². The van der Waals surface area contributed by atoms with Crippen molar-refractivity contribution in [3.05, 3.63) is 82.7 Å². The SMILES string of the molecule is Cn1c(=O)n(C2CCC(=O)NC2=O)c2cccc(N3C[C@@H]4C[C@H]3CN4C[C@H]3CC[C@H](n4cc5cc(NC(=O)c6cccc(C(F)(F)F)n6)ccc5n4)CC3)c21. The highest BCUT2D eigenvalue weighted by Crippen LogP contribution is 2.41. The number of benzene rings is 2. The van der Waals surface area contributed by atoms with E-state index in [1.54, 1.807) is 34.4 Å². The number of fused-ring (bicyclic) bond motifs is 4. The van der Waals surface area contributed by atoms with Crippen molar-refractivity contribution in [1.29, 1.82) is 0 Å². The Labute approximate surface area is 313 Å². The Hall–Kier alpha value is -5.51. The van der Waals surface area contributed by atoms with Gasteiger partial charge in [-0.1, -0.05) is 12.1 Å². The van der Waals surface area contributed by atoms with Gasteiger partial charge in [0, 0.05) is 62.5 Å². The number of piperazine rings is 1. The second-order valence-corrected chi connectivity index (χ2v) is 15.4. The standard InChI is InChI=1S/C39H40F3N9O4/c1-47-35-30(5-3-6-31(35)51(38(47)55)32-14-15-34(52)45-37(32)54)49-21-26-17-27(49)20-48(26)18-22-8-11-25(12-9-22)50-19-23-16-24(10-13-28(23)46-50)43-36(53)29-4-2-7-33(44-29)39(40,41)42/h2-7,10,13,16,19,22,25-27,32H,8-9,11-12,14-15,17-18,20-21H2,1H3,(H,43,53)(H,45,52,54)/t22-,25-,26-,27-,32?/m0/s1. The molecule has 16 heteroatoms. The van der Waals surface area contributed by atoms with Crippen LogP contribution in [0.15, 0.2) is 65.6 Å². The molecule has 1 unspecified atom stereocenters. The summed E-state index contributed by atoms with van der Waals surface area (Å²) < 4.78 is 44.5. The van der Waals surface area contributed by atoms with Crippen LogP contribution in [0.4, 0.5) is 24.5 Å². The van der Waals surface area contributed by atoms with Crippen LogP contribution in [0.3, 0.4) is 0 Å². The van der Waals surface area contributed by atoms with Crippen molar-refractivity contribution in [2.24, 2.45) is 13.0 Å². The first-order chi connectivity index (χ1) is 26.4. The lowest BCUT2D eigenvalue weighted by molar-refractivity contribution is -0.141. The second-order valence-electron chi connectivity index (χ2n) is 15.4. The summed E-state index contributed by atoms with van der Waals surface area (Å²) >= 11 is 0. The summed E-state index contributed by atoms with van der Waals surface area (Å²) in [6.45, 7) is 2.87. The van der Waals surface area contributed by atoms with E-state index in [1.807, 2.05) is 23.0 Å². The monoisotopic (exact) mass is 755 g/mol. The Morgan fingerprint density at radius 3 is 2.49 bits per heavy atom. The number of aryl methyl sites for hydroxylation is 1. The molecule has 6 heterocycles. The van der Waals surface area contributed by atoms with E-state index in [4.69, 9.17) is 5.10 Å². The average molecular weight is 756 g/mol. The molecule has 3 aromatic heterocycles.